The molecule has 0 atom stereocenters. The molecule has 0 saturated carbocycles. The maximum absolute atomic E-state index is 13.5. The van der Waals surface area contributed by atoms with E-state index in [1.165, 1.54) is 12.1 Å². The molecule has 4 rings (SSSR count). The lowest BCUT2D eigenvalue weighted by molar-refractivity contribution is 0.0752. The number of aromatic nitrogens is 3. The number of carbonyl (C=O) groups excluding carboxylic acids is 1. The van der Waals surface area contributed by atoms with Crippen LogP contribution in [0.15, 0.2) is 60.9 Å². The molecule has 8 heteroatoms. The van der Waals surface area contributed by atoms with Gasteiger partial charge in [0.2, 0.25) is 0 Å². The summed E-state index contributed by atoms with van der Waals surface area (Å²) in [7, 11) is 3.22. The molecule has 4 aromatic rings. The second-order valence-electron chi connectivity index (χ2n) is 7.57. The van der Waals surface area contributed by atoms with Crippen LogP contribution in [0, 0.1) is 5.82 Å². The van der Waals surface area contributed by atoms with Crippen LogP contribution < -0.4 is 9.47 Å². The van der Waals surface area contributed by atoms with Crippen molar-refractivity contribution in [3.05, 3.63) is 83.4 Å². The first-order valence-electron chi connectivity index (χ1n) is 10.6. The molecular formula is C25H25FN4O3. The normalized spacial score (nSPS) is 10.9. The smallest absolute Gasteiger partial charge is 0.255 e. The van der Waals surface area contributed by atoms with Crippen LogP contribution in [-0.4, -0.2) is 46.3 Å². The third-order valence-corrected chi connectivity index (χ3v) is 5.47. The minimum absolute atomic E-state index is 0.166. The molecule has 0 spiro atoms. The van der Waals surface area contributed by atoms with Gasteiger partial charge in [0, 0.05) is 36.3 Å². The van der Waals surface area contributed by atoms with E-state index in [0.717, 1.165) is 16.5 Å². The Kier molecular flexibility index (Phi) is 6.53. The fraction of sp³-hybridized carbons (Fsp3) is 0.240. The molecule has 0 saturated heterocycles. The van der Waals surface area contributed by atoms with Crippen LogP contribution in [-0.2, 0) is 13.1 Å². The van der Waals surface area contributed by atoms with Crippen LogP contribution in [0.3, 0.4) is 0 Å². The SMILES string of the molecule is CCN(Cc1cccc(F)c1)C(=O)c1cnc2c(cnn2Cc2ccc(OC)cc2OC)c1. The fourth-order valence-electron chi connectivity index (χ4n) is 3.71. The Balaban J connectivity index is 1.56. The van der Waals surface area contributed by atoms with Gasteiger partial charge in [0.25, 0.3) is 5.91 Å². The first-order chi connectivity index (χ1) is 16.0. The van der Waals surface area contributed by atoms with E-state index in [2.05, 4.69) is 10.1 Å². The van der Waals surface area contributed by atoms with Crippen molar-refractivity contribution >= 4 is 16.9 Å². The van der Waals surface area contributed by atoms with Crippen molar-refractivity contribution in [1.29, 1.82) is 0 Å². The van der Waals surface area contributed by atoms with Crippen LogP contribution in [0.1, 0.15) is 28.4 Å². The lowest BCUT2D eigenvalue weighted by Gasteiger charge is -2.21. The molecule has 170 valence electrons. The number of rotatable bonds is 8. The molecule has 0 bridgehead atoms. The van der Waals surface area contributed by atoms with Crippen LogP contribution in [0.4, 0.5) is 4.39 Å². The van der Waals surface area contributed by atoms with E-state index in [1.54, 1.807) is 54.4 Å². The minimum Gasteiger partial charge on any atom is -0.497 e. The number of carbonyl (C=O) groups is 1. The molecule has 0 unspecified atom stereocenters. The molecule has 7 nitrogen and oxygen atoms in total. The summed E-state index contributed by atoms with van der Waals surface area (Å²) in [5, 5.41) is 5.21. The van der Waals surface area contributed by atoms with E-state index in [4.69, 9.17) is 9.47 Å². The highest BCUT2D eigenvalue weighted by Gasteiger charge is 2.17. The molecule has 0 fully saturated rings. The predicted octanol–water partition coefficient (Wildman–Crippen LogP) is 4.30. The Morgan fingerprint density at radius 3 is 2.67 bits per heavy atom. The van der Waals surface area contributed by atoms with E-state index in [-0.39, 0.29) is 11.7 Å². The van der Waals surface area contributed by atoms with Gasteiger partial charge in [0.05, 0.1) is 32.5 Å². The number of fused-ring (bicyclic) bond motifs is 1. The van der Waals surface area contributed by atoms with Crippen molar-refractivity contribution in [3.63, 3.8) is 0 Å². The largest absolute Gasteiger partial charge is 0.497 e. The van der Waals surface area contributed by atoms with Gasteiger partial charge in [-0.05, 0) is 42.8 Å². The van der Waals surface area contributed by atoms with Gasteiger partial charge < -0.3 is 14.4 Å². The number of methoxy groups -OCH3 is 2. The van der Waals surface area contributed by atoms with Crippen LogP contribution in [0.2, 0.25) is 0 Å². The van der Waals surface area contributed by atoms with Crippen molar-refractivity contribution in [2.75, 3.05) is 20.8 Å². The summed E-state index contributed by atoms with van der Waals surface area (Å²) in [5.74, 6) is 0.919. The molecule has 0 aliphatic carbocycles. The molecule has 0 N–H and O–H groups in total. The molecule has 0 aliphatic heterocycles. The summed E-state index contributed by atoms with van der Waals surface area (Å²) in [6.07, 6.45) is 3.25. The van der Waals surface area contributed by atoms with Gasteiger partial charge in [0.1, 0.15) is 17.3 Å². The second-order valence-corrected chi connectivity index (χ2v) is 7.57. The van der Waals surface area contributed by atoms with Gasteiger partial charge in [-0.2, -0.15) is 5.10 Å². The highest BCUT2D eigenvalue weighted by molar-refractivity contribution is 5.96. The summed E-state index contributed by atoms with van der Waals surface area (Å²) in [4.78, 5) is 19.3. The molecule has 0 radical (unpaired) electrons. The van der Waals surface area contributed by atoms with Crippen LogP contribution in [0.5, 0.6) is 11.5 Å². The molecular weight excluding hydrogens is 423 g/mol. The molecule has 2 heterocycles. The third kappa shape index (κ3) is 4.79. The molecule has 33 heavy (non-hydrogen) atoms. The standard InChI is InChI=1S/C25H25FN4O3/c1-4-29(15-17-6-5-7-21(26)10-17)25(31)20-11-19-14-28-30(24(19)27-13-20)16-18-8-9-22(32-2)12-23(18)33-3/h5-14H,4,15-16H2,1-3H3. The van der Waals surface area contributed by atoms with Gasteiger partial charge in [-0.3, -0.25) is 4.79 Å². The maximum Gasteiger partial charge on any atom is 0.255 e. The summed E-state index contributed by atoms with van der Waals surface area (Å²) < 4.78 is 26.0. The average Bonchev–Trinajstić information content (AvgIpc) is 3.24. The summed E-state index contributed by atoms with van der Waals surface area (Å²) in [5.41, 5.74) is 2.79. The Bertz CT molecular complexity index is 1290. The topological polar surface area (TPSA) is 69.5 Å². The molecule has 2 aromatic carbocycles. The van der Waals surface area contributed by atoms with E-state index < -0.39 is 0 Å². The maximum atomic E-state index is 13.5. The first-order valence-corrected chi connectivity index (χ1v) is 10.6. The lowest BCUT2D eigenvalue weighted by Crippen LogP contribution is -2.30. The van der Waals surface area contributed by atoms with Crippen molar-refractivity contribution in [2.45, 2.75) is 20.0 Å². The Morgan fingerprint density at radius 2 is 1.94 bits per heavy atom. The van der Waals surface area contributed by atoms with Crippen LogP contribution in [0.25, 0.3) is 11.0 Å². The quantitative estimate of drug-likeness (QED) is 0.402. The predicted molar refractivity (Wildman–Crippen MR) is 123 cm³/mol. The number of pyridine rings is 1. The van der Waals surface area contributed by atoms with Crippen molar-refractivity contribution in [1.82, 2.24) is 19.7 Å². The zero-order chi connectivity index (χ0) is 23.4. The zero-order valence-electron chi connectivity index (χ0n) is 18.8. The average molecular weight is 448 g/mol. The number of halogens is 1. The Morgan fingerprint density at radius 1 is 1.09 bits per heavy atom. The molecule has 2 aromatic heterocycles. The van der Waals surface area contributed by atoms with E-state index in [0.29, 0.717) is 42.3 Å². The highest BCUT2D eigenvalue weighted by Crippen LogP contribution is 2.26. The summed E-state index contributed by atoms with van der Waals surface area (Å²) in [6, 6.07) is 13.7. The Hall–Kier alpha value is -3.94. The number of nitrogens with zero attached hydrogens (tertiary/aromatic N) is 4. The van der Waals surface area contributed by atoms with E-state index in [9.17, 15) is 9.18 Å². The number of amides is 1. The zero-order valence-corrected chi connectivity index (χ0v) is 18.8. The monoisotopic (exact) mass is 448 g/mol. The minimum atomic E-state index is -0.319. The van der Waals surface area contributed by atoms with Crippen molar-refractivity contribution < 1.29 is 18.7 Å². The van der Waals surface area contributed by atoms with E-state index in [1.807, 2.05) is 25.1 Å². The van der Waals surface area contributed by atoms with Gasteiger partial charge in [-0.1, -0.05) is 12.1 Å². The molecule has 0 aliphatic rings. The number of benzene rings is 2. The molecule has 1 amide bonds. The van der Waals surface area contributed by atoms with E-state index >= 15 is 0 Å². The highest BCUT2D eigenvalue weighted by atomic mass is 19.1. The fourth-order valence-corrected chi connectivity index (χ4v) is 3.71. The van der Waals surface area contributed by atoms with Crippen molar-refractivity contribution in [3.8, 4) is 11.5 Å². The van der Waals surface area contributed by atoms with Crippen LogP contribution >= 0.6 is 0 Å². The Labute approximate surface area is 191 Å². The number of ether oxygens (including phenoxy) is 2. The summed E-state index contributed by atoms with van der Waals surface area (Å²) in [6.45, 7) is 3.16. The first kappa shape index (κ1) is 22.3. The van der Waals surface area contributed by atoms with Crippen molar-refractivity contribution in [2.24, 2.45) is 0 Å². The van der Waals surface area contributed by atoms with Gasteiger partial charge in [0.15, 0.2) is 5.65 Å². The summed E-state index contributed by atoms with van der Waals surface area (Å²) >= 11 is 0. The lowest BCUT2D eigenvalue weighted by atomic mass is 10.1. The third-order valence-electron chi connectivity index (χ3n) is 5.47. The second kappa shape index (κ2) is 9.68. The number of hydrogen-bond acceptors (Lipinski definition) is 5. The number of hydrogen-bond donors (Lipinski definition) is 0. The van der Waals surface area contributed by atoms with Gasteiger partial charge >= 0.3 is 0 Å². The van der Waals surface area contributed by atoms with Gasteiger partial charge in [-0.15, -0.1) is 0 Å². The van der Waals surface area contributed by atoms with Gasteiger partial charge in [-0.25, -0.2) is 14.1 Å².